The maximum Gasteiger partial charge on any atom is 0.294 e. The van der Waals surface area contributed by atoms with Gasteiger partial charge < -0.3 is 4.74 Å². The van der Waals surface area contributed by atoms with Gasteiger partial charge in [-0.3, -0.25) is 9.45 Å². The molecule has 0 saturated carbocycles. The summed E-state index contributed by atoms with van der Waals surface area (Å²) in [5.74, 6) is 0. The van der Waals surface area contributed by atoms with Crippen molar-refractivity contribution < 1.29 is 17.7 Å². The van der Waals surface area contributed by atoms with E-state index in [2.05, 4.69) is 9.89 Å². The fourth-order valence-corrected chi connectivity index (χ4v) is 2.45. The maximum absolute atomic E-state index is 10.6. The lowest BCUT2D eigenvalue weighted by atomic mass is 10.2. The number of nitrogens with one attached hydrogen (secondary N) is 1. The van der Waals surface area contributed by atoms with E-state index in [1.165, 1.54) is 12.1 Å². The topological polar surface area (TPSA) is 103 Å². The second-order valence-electron chi connectivity index (χ2n) is 4.92. The molecule has 0 unspecified atom stereocenters. The van der Waals surface area contributed by atoms with Gasteiger partial charge in [0.15, 0.2) is 0 Å². The van der Waals surface area contributed by atoms with Crippen molar-refractivity contribution in [2.75, 3.05) is 39.4 Å². The molecule has 0 spiro atoms. The normalized spacial score (nSPS) is 15.2. The standard InChI is InChI=1S/C8H10O3S.C7H13N3O/c1-2-7-3-5-8(6-4-7)12(9,10)11;8-7-9-1-2-10-3-5-11-6-4-10/h3-6H,2H2,1H3,(H,9,10,11);8H,1-6H2. The Morgan fingerprint density at radius 1 is 1.30 bits per heavy atom. The Bertz CT molecular complexity index is 604. The zero-order chi connectivity index (χ0) is 17.1. The van der Waals surface area contributed by atoms with Crippen LogP contribution in [0.3, 0.4) is 0 Å². The quantitative estimate of drug-likeness (QED) is 0.625. The predicted molar refractivity (Wildman–Crippen MR) is 87.9 cm³/mol. The zero-order valence-electron chi connectivity index (χ0n) is 13.2. The fraction of sp³-hybridized carbons (Fsp3) is 0.533. The number of aryl methyl sites for hydroxylation is 1. The first-order chi connectivity index (χ1) is 11.0. The van der Waals surface area contributed by atoms with Gasteiger partial charge in [-0.05, 0) is 24.1 Å². The van der Waals surface area contributed by atoms with Crippen LogP contribution in [0.5, 0.6) is 0 Å². The van der Waals surface area contributed by atoms with E-state index >= 15 is 0 Å². The summed E-state index contributed by atoms with van der Waals surface area (Å²) in [4.78, 5) is 5.93. The lowest BCUT2D eigenvalue weighted by molar-refractivity contribution is 0.0395. The smallest absolute Gasteiger partial charge is 0.294 e. The van der Waals surface area contributed by atoms with Crippen LogP contribution in [-0.2, 0) is 21.3 Å². The van der Waals surface area contributed by atoms with E-state index in [4.69, 9.17) is 14.7 Å². The van der Waals surface area contributed by atoms with Crippen LogP contribution in [0.1, 0.15) is 12.5 Å². The Labute approximate surface area is 137 Å². The number of hydrogen-bond donors (Lipinski definition) is 2. The average Bonchev–Trinajstić information content (AvgIpc) is 2.56. The highest BCUT2D eigenvalue weighted by Crippen LogP contribution is 2.09. The SMILES string of the molecule is CCc1ccc(S(=O)(=O)O)cc1.N=C=NCCN1CCOCC1. The van der Waals surface area contributed by atoms with Crippen molar-refractivity contribution in [2.24, 2.45) is 4.99 Å². The Morgan fingerprint density at radius 2 is 1.91 bits per heavy atom. The molecule has 2 rings (SSSR count). The molecule has 0 bridgehead atoms. The largest absolute Gasteiger partial charge is 0.379 e. The molecule has 7 nitrogen and oxygen atoms in total. The third-order valence-corrected chi connectivity index (χ3v) is 4.21. The molecule has 0 atom stereocenters. The molecule has 1 aliphatic heterocycles. The van der Waals surface area contributed by atoms with E-state index < -0.39 is 10.1 Å². The Kier molecular flexibility index (Phi) is 8.68. The van der Waals surface area contributed by atoms with E-state index in [1.54, 1.807) is 12.1 Å². The summed E-state index contributed by atoms with van der Waals surface area (Å²) < 4.78 is 35.0. The molecule has 1 saturated heterocycles. The van der Waals surface area contributed by atoms with Crippen molar-refractivity contribution in [3.63, 3.8) is 0 Å². The molecular weight excluding hydrogens is 318 g/mol. The summed E-state index contributed by atoms with van der Waals surface area (Å²) in [6.07, 6.45) is 0.853. The van der Waals surface area contributed by atoms with E-state index in [0.717, 1.165) is 44.8 Å². The van der Waals surface area contributed by atoms with Crippen LogP contribution in [-0.4, -0.2) is 63.3 Å². The molecule has 1 heterocycles. The maximum atomic E-state index is 10.6. The lowest BCUT2D eigenvalue weighted by Gasteiger charge is -2.25. The van der Waals surface area contributed by atoms with Gasteiger partial charge in [0.05, 0.1) is 30.7 Å². The fourth-order valence-electron chi connectivity index (χ4n) is 1.97. The minimum absolute atomic E-state index is 0.0558. The van der Waals surface area contributed by atoms with Gasteiger partial charge in [0.2, 0.25) is 0 Å². The van der Waals surface area contributed by atoms with Gasteiger partial charge in [-0.1, -0.05) is 19.1 Å². The van der Waals surface area contributed by atoms with Crippen molar-refractivity contribution in [1.29, 1.82) is 5.41 Å². The molecule has 0 radical (unpaired) electrons. The number of rotatable bonds is 5. The minimum atomic E-state index is -4.03. The molecule has 1 fully saturated rings. The van der Waals surface area contributed by atoms with Crippen molar-refractivity contribution in [3.05, 3.63) is 29.8 Å². The van der Waals surface area contributed by atoms with Gasteiger partial charge >= 0.3 is 0 Å². The zero-order valence-corrected chi connectivity index (χ0v) is 14.1. The first-order valence-electron chi connectivity index (χ1n) is 7.42. The summed E-state index contributed by atoms with van der Waals surface area (Å²) in [6.45, 7) is 7.23. The third kappa shape index (κ3) is 8.01. The summed E-state index contributed by atoms with van der Waals surface area (Å²) in [5.41, 5.74) is 1.04. The van der Waals surface area contributed by atoms with E-state index in [-0.39, 0.29) is 4.90 Å². The van der Waals surface area contributed by atoms with Crippen LogP contribution in [0, 0.1) is 5.41 Å². The minimum Gasteiger partial charge on any atom is -0.379 e. The van der Waals surface area contributed by atoms with Crippen molar-refractivity contribution in [1.82, 2.24) is 4.90 Å². The summed E-state index contributed by atoms with van der Waals surface area (Å²) >= 11 is 0. The molecule has 1 aliphatic rings. The molecule has 0 aromatic heterocycles. The number of aliphatic imine (C=N–C) groups is 1. The molecule has 1 aromatic rings. The first-order valence-corrected chi connectivity index (χ1v) is 8.86. The van der Waals surface area contributed by atoms with E-state index in [1.807, 2.05) is 12.9 Å². The van der Waals surface area contributed by atoms with Crippen molar-refractivity contribution in [3.8, 4) is 0 Å². The predicted octanol–water partition coefficient (Wildman–Crippen LogP) is 1.57. The molecule has 23 heavy (non-hydrogen) atoms. The number of nitrogens with zero attached hydrogens (tertiary/aromatic N) is 2. The van der Waals surface area contributed by atoms with Gasteiger partial charge in [0.25, 0.3) is 10.1 Å². The van der Waals surface area contributed by atoms with Gasteiger partial charge in [0, 0.05) is 19.6 Å². The van der Waals surface area contributed by atoms with Gasteiger partial charge in [-0.25, -0.2) is 10.4 Å². The van der Waals surface area contributed by atoms with Crippen LogP contribution in [0.2, 0.25) is 0 Å². The molecule has 8 heteroatoms. The van der Waals surface area contributed by atoms with Crippen LogP contribution in [0.4, 0.5) is 0 Å². The Balaban J connectivity index is 0.000000231. The third-order valence-electron chi connectivity index (χ3n) is 3.34. The summed E-state index contributed by atoms with van der Waals surface area (Å²) in [5, 5.41) is 6.56. The van der Waals surface area contributed by atoms with Gasteiger partial charge in [0.1, 0.15) is 0 Å². The van der Waals surface area contributed by atoms with Gasteiger partial charge in [-0.2, -0.15) is 8.42 Å². The van der Waals surface area contributed by atoms with Crippen LogP contribution in [0.15, 0.2) is 34.2 Å². The van der Waals surface area contributed by atoms with Gasteiger partial charge in [-0.15, -0.1) is 0 Å². The second kappa shape index (κ2) is 10.3. The van der Waals surface area contributed by atoms with Crippen molar-refractivity contribution >= 4 is 16.1 Å². The van der Waals surface area contributed by atoms with Crippen molar-refractivity contribution in [2.45, 2.75) is 18.2 Å². The highest BCUT2D eigenvalue weighted by molar-refractivity contribution is 7.85. The number of hydrogen-bond acceptors (Lipinski definition) is 6. The molecule has 0 amide bonds. The molecule has 0 aliphatic carbocycles. The van der Waals surface area contributed by atoms with Crippen LogP contribution < -0.4 is 0 Å². The highest BCUT2D eigenvalue weighted by Gasteiger charge is 2.08. The Hall–Kier alpha value is -1.57. The molecule has 2 N–H and O–H groups in total. The monoisotopic (exact) mass is 341 g/mol. The molecule has 1 aromatic carbocycles. The summed E-state index contributed by atoms with van der Waals surface area (Å²) in [7, 11) is -4.03. The molecular formula is C15H23N3O4S. The summed E-state index contributed by atoms with van der Waals surface area (Å²) in [6, 6.07) is 8.19. The van der Waals surface area contributed by atoms with Crippen LogP contribution >= 0.6 is 0 Å². The van der Waals surface area contributed by atoms with E-state index in [9.17, 15) is 8.42 Å². The average molecular weight is 341 g/mol. The first kappa shape index (κ1) is 19.5. The van der Waals surface area contributed by atoms with E-state index in [0.29, 0.717) is 6.54 Å². The number of benzene rings is 1. The van der Waals surface area contributed by atoms with Crippen LogP contribution in [0.25, 0.3) is 0 Å². The lowest BCUT2D eigenvalue weighted by Crippen LogP contribution is -2.37. The number of ether oxygens (including phenoxy) is 1. The highest BCUT2D eigenvalue weighted by atomic mass is 32.2. The number of morpholine rings is 1. The second-order valence-corrected chi connectivity index (χ2v) is 6.34. The molecule has 128 valence electrons. The Morgan fingerprint density at radius 3 is 2.39 bits per heavy atom.